The summed E-state index contributed by atoms with van der Waals surface area (Å²) in [6.07, 6.45) is -1.46. The molecule has 0 rings (SSSR count). The highest BCUT2D eigenvalue weighted by atomic mass is 16.4. The zero-order valence-corrected chi connectivity index (χ0v) is 13.8. The molecule has 9 nitrogen and oxygen atoms in total. The number of carboxylic acid groups (broad SMARTS) is 2. The second-order valence-electron chi connectivity index (χ2n) is 6.60. The van der Waals surface area contributed by atoms with Crippen molar-refractivity contribution in [3.63, 3.8) is 0 Å². The van der Waals surface area contributed by atoms with Crippen LogP contribution in [0, 0.1) is 0 Å². The molecule has 0 bridgehead atoms. The minimum absolute atomic E-state index is 0.112. The number of hydrogen-bond donors (Lipinski definition) is 4. The Bertz CT molecular complexity index is 484. The lowest BCUT2D eigenvalue weighted by Gasteiger charge is -2.35. The monoisotopic (exact) mass is 333 g/mol. The number of hydrogen-bond acceptors (Lipinski definition) is 5. The second kappa shape index (κ2) is 8.02. The van der Waals surface area contributed by atoms with E-state index in [1.54, 1.807) is 21.1 Å². The molecule has 1 amide bonds. The summed E-state index contributed by atoms with van der Waals surface area (Å²) < 4.78 is 0.112. The molecule has 1 unspecified atom stereocenters. The number of quaternary nitrogens is 1. The summed E-state index contributed by atoms with van der Waals surface area (Å²) in [5, 5.41) is 30.6. The van der Waals surface area contributed by atoms with E-state index in [1.807, 2.05) is 0 Å². The Labute approximate surface area is 134 Å². The van der Waals surface area contributed by atoms with Gasteiger partial charge in [0.2, 0.25) is 5.91 Å². The van der Waals surface area contributed by atoms with Crippen LogP contribution in [0.4, 0.5) is 0 Å². The molecular weight excluding hydrogens is 308 g/mol. The lowest BCUT2D eigenvalue weighted by molar-refractivity contribution is -0.875. The minimum Gasteiger partial charge on any atom is -0.481 e. The molecule has 0 saturated heterocycles. The molecule has 0 heterocycles. The minimum atomic E-state index is -2.21. The number of carbonyl (C=O) groups excluding carboxylic acids is 2. The molecular formula is C14H25N2O7+. The Morgan fingerprint density at radius 3 is 1.96 bits per heavy atom. The molecule has 0 aliphatic rings. The SMILES string of the molecule is CC(=O)N[C@@H](CCC(=O)O)C(=O)C(O)(CC(=O)O)C[N+](C)(C)C. The normalized spacial score (nSPS) is 15.3. The Balaban J connectivity index is 5.50. The molecule has 0 spiro atoms. The average molecular weight is 333 g/mol. The van der Waals surface area contributed by atoms with Crippen molar-refractivity contribution < 1.29 is 39.0 Å². The lowest BCUT2D eigenvalue weighted by atomic mass is 9.87. The van der Waals surface area contributed by atoms with Crippen LogP contribution in [-0.2, 0) is 19.2 Å². The first kappa shape index (κ1) is 21.0. The van der Waals surface area contributed by atoms with Gasteiger partial charge in [-0.15, -0.1) is 0 Å². The van der Waals surface area contributed by atoms with E-state index >= 15 is 0 Å². The quantitative estimate of drug-likeness (QED) is 0.369. The van der Waals surface area contributed by atoms with Gasteiger partial charge in [-0.05, 0) is 6.42 Å². The van der Waals surface area contributed by atoms with Crippen molar-refractivity contribution in [1.82, 2.24) is 5.32 Å². The van der Waals surface area contributed by atoms with E-state index in [-0.39, 0.29) is 17.4 Å². The molecule has 0 aliphatic heterocycles. The summed E-state index contributed by atoms with van der Waals surface area (Å²) in [5.74, 6) is -4.00. The molecule has 4 N–H and O–H groups in total. The molecule has 132 valence electrons. The predicted octanol–water partition coefficient (Wildman–Crippen LogP) is -1.16. The first-order chi connectivity index (χ1) is 10.3. The maximum absolute atomic E-state index is 12.6. The van der Waals surface area contributed by atoms with Crippen LogP contribution < -0.4 is 5.32 Å². The van der Waals surface area contributed by atoms with Crippen LogP contribution in [-0.4, -0.2) is 82.8 Å². The third kappa shape index (κ3) is 8.27. The first-order valence-corrected chi connectivity index (χ1v) is 7.04. The topological polar surface area (TPSA) is 141 Å². The fraction of sp³-hybridized carbons (Fsp3) is 0.714. The van der Waals surface area contributed by atoms with Crippen LogP contribution in [0.3, 0.4) is 0 Å². The molecule has 0 aliphatic carbocycles. The molecule has 23 heavy (non-hydrogen) atoms. The smallest absolute Gasteiger partial charge is 0.306 e. The summed E-state index contributed by atoms with van der Waals surface area (Å²) in [7, 11) is 5.01. The van der Waals surface area contributed by atoms with Gasteiger partial charge < -0.3 is 25.1 Å². The van der Waals surface area contributed by atoms with Crippen molar-refractivity contribution >= 4 is 23.6 Å². The zero-order chi connectivity index (χ0) is 18.4. The van der Waals surface area contributed by atoms with Gasteiger partial charge in [-0.3, -0.25) is 19.2 Å². The maximum atomic E-state index is 12.6. The number of aliphatic carboxylic acids is 2. The van der Waals surface area contributed by atoms with Crippen molar-refractivity contribution in [3.05, 3.63) is 0 Å². The van der Waals surface area contributed by atoms with E-state index in [0.717, 1.165) is 6.92 Å². The van der Waals surface area contributed by atoms with Gasteiger partial charge in [0.15, 0.2) is 11.4 Å². The average Bonchev–Trinajstić information content (AvgIpc) is 2.29. The number of likely N-dealkylation sites (N-methyl/N-ethyl adjacent to an activating group) is 1. The van der Waals surface area contributed by atoms with Crippen LogP contribution in [0.1, 0.15) is 26.2 Å². The number of nitrogens with zero attached hydrogens (tertiary/aromatic N) is 1. The third-order valence-corrected chi connectivity index (χ3v) is 2.98. The number of ketones is 1. The van der Waals surface area contributed by atoms with Crippen molar-refractivity contribution in [1.29, 1.82) is 0 Å². The lowest BCUT2D eigenvalue weighted by Crippen LogP contribution is -2.60. The van der Waals surface area contributed by atoms with E-state index < -0.39 is 48.1 Å². The van der Waals surface area contributed by atoms with Crippen molar-refractivity contribution in [2.45, 2.75) is 37.8 Å². The van der Waals surface area contributed by atoms with Crippen LogP contribution >= 0.6 is 0 Å². The summed E-state index contributed by atoms with van der Waals surface area (Å²) >= 11 is 0. The van der Waals surface area contributed by atoms with Crippen LogP contribution in [0.5, 0.6) is 0 Å². The number of carboxylic acids is 2. The molecule has 2 atom stereocenters. The fourth-order valence-electron chi connectivity index (χ4n) is 2.36. The van der Waals surface area contributed by atoms with Crippen molar-refractivity contribution in [3.8, 4) is 0 Å². The Kier molecular flexibility index (Phi) is 7.32. The first-order valence-electron chi connectivity index (χ1n) is 7.04. The Hall–Kier alpha value is -2.00. The molecule has 9 heteroatoms. The van der Waals surface area contributed by atoms with Crippen molar-refractivity contribution in [2.75, 3.05) is 27.7 Å². The second-order valence-corrected chi connectivity index (χ2v) is 6.60. The predicted molar refractivity (Wildman–Crippen MR) is 79.6 cm³/mol. The van der Waals surface area contributed by atoms with Crippen LogP contribution in [0.2, 0.25) is 0 Å². The van der Waals surface area contributed by atoms with Gasteiger partial charge in [-0.1, -0.05) is 0 Å². The largest absolute Gasteiger partial charge is 0.481 e. The third-order valence-electron chi connectivity index (χ3n) is 2.98. The number of aliphatic hydroxyl groups is 1. The standard InChI is InChI=1S/C14H24N2O7/c1-9(17)15-10(5-6-11(18)19)13(22)14(23,7-12(20)21)8-16(2,3)4/h10,23H,5-8H2,1-4H3,(H2-,15,17,18,19,20,21)/p+1/t10-,14?/m0/s1. The molecule has 0 aromatic heterocycles. The van der Waals surface area contributed by atoms with Gasteiger partial charge in [0.05, 0.1) is 33.6 Å². The van der Waals surface area contributed by atoms with Gasteiger partial charge in [0.25, 0.3) is 0 Å². The highest BCUT2D eigenvalue weighted by Crippen LogP contribution is 2.20. The highest BCUT2D eigenvalue weighted by Gasteiger charge is 2.46. The maximum Gasteiger partial charge on any atom is 0.306 e. The van der Waals surface area contributed by atoms with E-state index in [4.69, 9.17) is 10.2 Å². The van der Waals surface area contributed by atoms with Gasteiger partial charge in [-0.2, -0.15) is 0 Å². The zero-order valence-electron chi connectivity index (χ0n) is 13.8. The van der Waals surface area contributed by atoms with E-state index in [1.165, 1.54) is 0 Å². The highest BCUT2D eigenvalue weighted by molar-refractivity contribution is 5.97. The van der Waals surface area contributed by atoms with Gasteiger partial charge in [0, 0.05) is 13.3 Å². The van der Waals surface area contributed by atoms with Crippen molar-refractivity contribution in [2.24, 2.45) is 0 Å². The number of nitrogens with one attached hydrogen (secondary N) is 1. The molecule has 0 radical (unpaired) electrons. The fourth-order valence-corrected chi connectivity index (χ4v) is 2.36. The molecule has 0 fully saturated rings. The Morgan fingerprint density at radius 1 is 1.09 bits per heavy atom. The van der Waals surface area contributed by atoms with Gasteiger partial charge in [0.1, 0.15) is 6.54 Å². The number of carbonyl (C=O) groups is 4. The van der Waals surface area contributed by atoms with Gasteiger partial charge in [-0.25, -0.2) is 0 Å². The van der Waals surface area contributed by atoms with Crippen LogP contribution in [0.15, 0.2) is 0 Å². The van der Waals surface area contributed by atoms with Crippen LogP contribution in [0.25, 0.3) is 0 Å². The summed E-state index contributed by atoms with van der Waals surface area (Å²) in [4.78, 5) is 45.5. The summed E-state index contributed by atoms with van der Waals surface area (Å²) in [6, 6.07) is -1.26. The summed E-state index contributed by atoms with van der Waals surface area (Å²) in [5.41, 5.74) is -2.21. The van der Waals surface area contributed by atoms with E-state index in [0.29, 0.717) is 0 Å². The van der Waals surface area contributed by atoms with E-state index in [2.05, 4.69) is 5.32 Å². The van der Waals surface area contributed by atoms with E-state index in [9.17, 15) is 24.3 Å². The number of rotatable bonds is 10. The number of amides is 1. The number of Topliss-reactive ketones (excluding diaryl/α,β-unsaturated/α-hetero) is 1. The molecule has 0 saturated carbocycles. The summed E-state index contributed by atoms with van der Waals surface area (Å²) in [6.45, 7) is 0.957. The Morgan fingerprint density at radius 2 is 1.61 bits per heavy atom. The molecule has 0 aromatic rings. The molecule has 0 aromatic carbocycles. The van der Waals surface area contributed by atoms with Gasteiger partial charge >= 0.3 is 11.9 Å².